The van der Waals surface area contributed by atoms with E-state index in [0.717, 1.165) is 0 Å². The highest BCUT2D eigenvalue weighted by molar-refractivity contribution is 9.10. The highest BCUT2D eigenvalue weighted by atomic mass is 79.9. The van der Waals surface area contributed by atoms with Crippen molar-refractivity contribution in [3.8, 4) is 22.8 Å². The summed E-state index contributed by atoms with van der Waals surface area (Å²) in [7, 11) is 0. The lowest BCUT2D eigenvalue weighted by atomic mass is 10.1. The molecule has 0 atom stereocenters. The van der Waals surface area contributed by atoms with E-state index >= 15 is 0 Å². The second kappa shape index (κ2) is 4.58. The molecule has 1 aromatic carbocycles. The summed E-state index contributed by atoms with van der Waals surface area (Å²) in [6.45, 7) is 0.996. The zero-order valence-corrected chi connectivity index (χ0v) is 11.1. The molecule has 1 N–H and O–H groups in total. The highest BCUT2D eigenvalue weighted by Crippen LogP contribution is 2.37. The van der Waals surface area contributed by atoms with Crippen molar-refractivity contribution < 1.29 is 23.9 Å². The molecule has 0 saturated carbocycles. The van der Waals surface area contributed by atoms with E-state index in [-0.39, 0.29) is 5.69 Å². The molecule has 1 aromatic heterocycles. The molecule has 2 heterocycles. The first-order chi connectivity index (χ1) is 9.16. The SMILES string of the molecule is O=C(O)c1noc(-c2ccc3c(c2)OCCO3)c1Br. The largest absolute Gasteiger partial charge is 0.486 e. The number of fused-ring (bicyclic) bond motifs is 1. The molecule has 2 aromatic rings. The van der Waals surface area contributed by atoms with E-state index in [2.05, 4.69) is 21.1 Å². The maximum absolute atomic E-state index is 10.9. The molecule has 0 spiro atoms. The van der Waals surface area contributed by atoms with Crippen molar-refractivity contribution in [1.29, 1.82) is 0 Å². The molecule has 1 aliphatic heterocycles. The van der Waals surface area contributed by atoms with Gasteiger partial charge in [0.15, 0.2) is 17.3 Å². The Morgan fingerprint density at radius 1 is 1.26 bits per heavy atom. The summed E-state index contributed by atoms with van der Waals surface area (Å²) in [5, 5.41) is 12.4. The Morgan fingerprint density at radius 3 is 2.68 bits per heavy atom. The van der Waals surface area contributed by atoms with Crippen LogP contribution in [-0.4, -0.2) is 29.4 Å². The summed E-state index contributed by atoms with van der Waals surface area (Å²) < 4.78 is 16.2. The first-order valence-corrected chi connectivity index (χ1v) is 6.24. The first-order valence-electron chi connectivity index (χ1n) is 5.45. The summed E-state index contributed by atoms with van der Waals surface area (Å²) in [6.07, 6.45) is 0. The van der Waals surface area contributed by atoms with Crippen molar-refractivity contribution in [3.63, 3.8) is 0 Å². The molecule has 0 radical (unpaired) electrons. The minimum atomic E-state index is -1.15. The Balaban J connectivity index is 2.05. The lowest BCUT2D eigenvalue weighted by molar-refractivity contribution is 0.0685. The number of hydrogen-bond donors (Lipinski definition) is 1. The second-order valence-electron chi connectivity index (χ2n) is 3.84. The van der Waals surface area contributed by atoms with Gasteiger partial charge in [0.1, 0.15) is 17.7 Å². The standard InChI is InChI=1S/C12H8BrNO5/c13-9-10(12(15)16)14-19-11(9)6-1-2-7-8(5-6)18-4-3-17-7/h1-2,5H,3-4H2,(H,15,16). The Labute approximate surface area is 116 Å². The van der Waals surface area contributed by atoms with Crippen LogP contribution in [0, 0.1) is 0 Å². The van der Waals surface area contributed by atoms with Gasteiger partial charge in [0.2, 0.25) is 5.69 Å². The van der Waals surface area contributed by atoms with Gasteiger partial charge in [0, 0.05) is 5.56 Å². The van der Waals surface area contributed by atoms with Gasteiger partial charge in [-0.2, -0.15) is 0 Å². The first kappa shape index (κ1) is 12.0. The molecule has 0 saturated heterocycles. The lowest BCUT2D eigenvalue weighted by Crippen LogP contribution is -2.15. The van der Waals surface area contributed by atoms with E-state index in [4.69, 9.17) is 19.1 Å². The molecule has 0 unspecified atom stereocenters. The van der Waals surface area contributed by atoms with Crippen LogP contribution in [0.3, 0.4) is 0 Å². The van der Waals surface area contributed by atoms with E-state index in [1.807, 2.05) is 0 Å². The number of carboxylic acids is 1. The zero-order chi connectivity index (χ0) is 13.4. The number of nitrogens with zero attached hydrogens (tertiary/aromatic N) is 1. The van der Waals surface area contributed by atoms with Crippen molar-refractivity contribution in [2.24, 2.45) is 0 Å². The molecule has 0 amide bonds. The fourth-order valence-corrected chi connectivity index (χ4v) is 2.32. The summed E-state index contributed by atoms with van der Waals surface area (Å²) in [4.78, 5) is 10.9. The van der Waals surface area contributed by atoms with Crippen LogP contribution in [-0.2, 0) is 0 Å². The maximum Gasteiger partial charge on any atom is 0.359 e. The topological polar surface area (TPSA) is 81.8 Å². The van der Waals surface area contributed by atoms with Crippen molar-refractivity contribution in [1.82, 2.24) is 5.16 Å². The second-order valence-corrected chi connectivity index (χ2v) is 4.63. The molecule has 98 valence electrons. The van der Waals surface area contributed by atoms with E-state index in [1.54, 1.807) is 18.2 Å². The minimum Gasteiger partial charge on any atom is -0.486 e. The quantitative estimate of drug-likeness (QED) is 0.913. The number of carboxylic acid groups (broad SMARTS) is 1. The van der Waals surface area contributed by atoms with Gasteiger partial charge in [0.25, 0.3) is 0 Å². The Hall–Kier alpha value is -2.02. The number of rotatable bonds is 2. The van der Waals surface area contributed by atoms with Crippen LogP contribution in [0.5, 0.6) is 11.5 Å². The predicted octanol–water partition coefficient (Wildman–Crippen LogP) is 2.57. The molecule has 19 heavy (non-hydrogen) atoms. The maximum atomic E-state index is 10.9. The van der Waals surface area contributed by atoms with Gasteiger partial charge in [-0.1, -0.05) is 5.16 Å². The Kier molecular flexibility index (Phi) is 2.90. The van der Waals surface area contributed by atoms with Gasteiger partial charge in [-0.25, -0.2) is 4.79 Å². The number of ether oxygens (including phenoxy) is 2. The molecule has 0 aliphatic carbocycles. The third-order valence-electron chi connectivity index (χ3n) is 2.64. The summed E-state index contributed by atoms with van der Waals surface area (Å²) in [5.41, 5.74) is 0.501. The average molecular weight is 326 g/mol. The van der Waals surface area contributed by atoms with Gasteiger partial charge >= 0.3 is 5.97 Å². The molecular weight excluding hydrogens is 318 g/mol. The van der Waals surface area contributed by atoms with E-state index in [1.165, 1.54) is 0 Å². The Morgan fingerprint density at radius 2 is 2.00 bits per heavy atom. The van der Waals surface area contributed by atoms with Crippen molar-refractivity contribution in [3.05, 3.63) is 28.4 Å². The fraction of sp³-hybridized carbons (Fsp3) is 0.167. The molecule has 7 heteroatoms. The van der Waals surface area contributed by atoms with Crippen LogP contribution in [0.15, 0.2) is 27.2 Å². The molecular formula is C12H8BrNO5. The molecule has 3 rings (SSSR count). The van der Waals surface area contributed by atoms with Gasteiger partial charge in [-0.3, -0.25) is 0 Å². The number of hydrogen-bond acceptors (Lipinski definition) is 5. The van der Waals surface area contributed by atoms with Crippen LogP contribution in [0.4, 0.5) is 0 Å². The lowest BCUT2D eigenvalue weighted by Gasteiger charge is -2.18. The van der Waals surface area contributed by atoms with Crippen molar-refractivity contribution in [2.45, 2.75) is 0 Å². The molecule has 0 fully saturated rings. The summed E-state index contributed by atoms with van der Waals surface area (Å²) in [5.74, 6) is 0.446. The van der Waals surface area contributed by atoms with Gasteiger partial charge in [-0.05, 0) is 34.1 Å². The van der Waals surface area contributed by atoms with Crippen LogP contribution in [0.1, 0.15) is 10.5 Å². The van der Waals surface area contributed by atoms with Crippen molar-refractivity contribution in [2.75, 3.05) is 13.2 Å². The van der Waals surface area contributed by atoms with Crippen LogP contribution >= 0.6 is 15.9 Å². The van der Waals surface area contributed by atoms with Gasteiger partial charge in [0.05, 0.1) is 0 Å². The third-order valence-corrected chi connectivity index (χ3v) is 3.38. The third kappa shape index (κ3) is 2.06. The zero-order valence-electron chi connectivity index (χ0n) is 9.55. The smallest absolute Gasteiger partial charge is 0.359 e. The van der Waals surface area contributed by atoms with E-state index in [0.29, 0.717) is 40.5 Å². The van der Waals surface area contributed by atoms with E-state index in [9.17, 15) is 4.79 Å². The van der Waals surface area contributed by atoms with Gasteiger partial charge < -0.3 is 19.1 Å². The normalized spacial score (nSPS) is 13.3. The minimum absolute atomic E-state index is 0.162. The number of aromatic nitrogens is 1. The highest BCUT2D eigenvalue weighted by Gasteiger charge is 2.22. The summed E-state index contributed by atoms with van der Waals surface area (Å²) >= 11 is 3.18. The molecule has 0 bridgehead atoms. The number of halogens is 1. The molecule has 6 nitrogen and oxygen atoms in total. The molecule has 1 aliphatic rings. The van der Waals surface area contributed by atoms with Crippen LogP contribution < -0.4 is 9.47 Å². The average Bonchev–Trinajstić information content (AvgIpc) is 2.80. The number of aromatic carboxylic acids is 1. The fourth-order valence-electron chi connectivity index (χ4n) is 1.78. The van der Waals surface area contributed by atoms with Crippen LogP contribution in [0.25, 0.3) is 11.3 Å². The van der Waals surface area contributed by atoms with Crippen molar-refractivity contribution >= 4 is 21.9 Å². The number of carbonyl (C=O) groups is 1. The van der Waals surface area contributed by atoms with Crippen LogP contribution in [0.2, 0.25) is 0 Å². The Bertz CT molecular complexity index is 652. The number of benzene rings is 1. The summed E-state index contributed by atoms with van der Waals surface area (Å²) in [6, 6.07) is 5.23. The van der Waals surface area contributed by atoms with E-state index < -0.39 is 5.97 Å². The predicted molar refractivity (Wildman–Crippen MR) is 67.6 cm³/mol. The van der Waals surface area contributed by atoms with Gasteiger partial charge in [-0.15, -0.1) is 0 Å². The monoisotopic (exact) mass is 325 g/mol.